The molecule has 4 rings (SSSR count). The van der Waals surface area contributed by atoms with E-state index in [0.29, 0.717) is 5.56 Å². The Morgan fingerprint density at radius 3 is 2.23 bits per heavy atom. The average Bonchev–Trinajstić information content (AvgIpc) is 3.16. The smallest absolute Gasteiger partial charge is 0.255 e. The summed E-state index contributed by atoms with van der Waals surface area (Å²) < 4.78 is 1.78. The minimum atomic E-state index is -0.147. The summed E-state index contributed by atoms with van der Waals surface area (Å²) in [7, 11) is 0. The summed E-state index contributed by atoms with van der Waals surface area (Å²) >= 11 is 2.91. The Labute approximate surface area is 188 Å². The molecule has 0 aliphatic rings. The summed E-state index contributed by atoms with van der Waals surface area (Å²) in [6.07, 6.45) is 0. The molecule has 0 saturated carbocycles. The predicted molar refractivity (Wildman–Crippen MR) is 129 cm³/mol. The number of thiazole rings is 1. The molecule has 0 atom stereocenters. The molecule has 4 aromatic rings. The van der Waals surface area contributed by atoms with Gasteiger partial charge in [0.25, 0.3) is 5.91 Å². The third-order valence-corrected chi connectivity index (χ3v) is 6.76. The monoisotopic (exact) mass is 447 g/mol. The van der Waals surface area contributed by atoms with Crippen molar-refractivity contribution in [2.45, 2.75) is 18.2 Å². The lowest BCUT2D eigenvalue weighted by molar-refractivity contribution is -0.113. The number of nitrogens with one attached hydrogen (secondary N) is 2. The Morgan fingerprint density at radius 2 is 1.52 bits per heavy atom. The molecular weight excluding hydrogens is 426 g/mol. The molecule has 0 spiro atoms. The Kier molecular flexibility index (Phi) is 6.34. The van der Waals surface area contributed by atoms with E-state index in [-0.39, 0.29) is 17.6 Å². The summed E-state index contributed by atoms with van der Waals surface area (Å²) in [5.41, 5.74) is 5.23. The summed E-state index contributed by atoms with van der Waals surface area (Å²) in [5.74, 6) is 0.0652. The highest BCUT2D eigenvalue weighted by Crippen LogP contribution is 2.31. The second-order valence-corrected chi connectivity index (χ2v) is 9.44. The molecule has 31 heavy (non-hydrogen) atoms. The first-order valence-corrected chi connectivity index (χ1v) is 11.5. The number of hydrogen-bond acceptors (Lipinski definition) is 5. The van der Waals surface area contributed by atoms with Crippen molar-refractivity contribution in [1.82, 2.24) is 4.98 Å². The number of carbonyl (C=O) groups excluding carboxylic acids is 2. The van der Waals surface area contributed by atoms with Gasteiger partial charge in [-0.3, -0.25) is 9.59 Å². The van der Waals surface area contributed by atoms with Crippen LogP contribution in [0.5, 0.6) is 0 Å². The van der Waals surface area contributed by atoms with Gasteiger partial charge in [-0.25, -0.2) is 4.98 Å². The lowest BCUT2D eigenvalue weighted by Gasteiger charge is -2.05. The minimum absolute atomic E-state index is 0.0702. The number of carbonyl (C=O) groups is 2. The van der Waals surface area contributed by atoms with Gasteiger partial charge in [0.15, 0.2) is 4.34 Å². The first kappa shape index (κ1) is 21.1. The van der Waals surface area contributed by atoms with Gasteiger partial charge in [-0.1, -0.05) is 47.2 Å². The van der Waals surface area contributed by atoms with E-state index in [2.05, 4.69) is 15.6 Å². The summed E-state index contributed by atoms with van der Waals surface area (Å²) in [4.78, 5) is 29.2. The van der Waals surface area contributed by atoms with E-state index < -0.39 is 0 Å². The Bertz CT molecular complexity index is 1230. The number of anilines is 2. The molecule has 3 aromatic carbocycles. The summed E-state index contributed by atoms with van der Waals surface area (Å²) in [6.45, 7) is 4.00. The van der Waals surface area contributed by atoms with E-state index in [1.807, 2.05) is 80.6 Å². The summed E-state index contributed by atoms with van der Waals surface area (Å²) in [5, 5.41) is 5.82. The van der Waals surface area contributed by atoms with Gasteiger partial charge < -0.3 is 10.6 Å². The molecule has 0 saturated heterocycles. The second-order valence-electron chi connectivity index (χ2n) is 7.19. The van der Waals surface area contributed by atoms with Gasteiger partial charge in [-0.2, -0.15) is 0 Å². The van der Waals surface area contributed by atoms with Crippen LogP contribution in [0.25, 0.3) is 10.2 Å². The van der Waals surface area contributed by atoms with Crippen LogP contribution in [0, 0.1) is 13.8 Å². The molecule has 1 aromatic heterocycles. The fraction of sp³-hybridized carbons (Fsp3) is 0.125. The van der Waals surface area contributed by atoms with Crippen molar-refractivity contribution in [1.29, 1.82) is 0 Å². The minimum Gasteiger partial charge on any atom is -0.325 e. The van der Waals surface area contributed by atoms with Crippen LogP contribution in [0.4, 0.5) is 11.4 Å². The topological polar surface area (TPSA) is 71.1 Å². The third-order valence-electron chi connectivity index (χ3n) is 4.60. The Morgan fingerprint density at radius 1 is 0.871 bits per heavy atom. The molecule has 0 fully saturated rings. The van der Waals surface area contributed by atoms with Crippen LogP contribution in [0.2, 0.25) is 0 Å². The SMILES string of the molecule is Cc1ccc(NC(=O)CSc2nc3ccc(NC(=O)c4ccc(C)cc4)cc3s2)cc1. The highest BCUT2D eigenvalue weighted by atomic mass is 32.2. The van der Waals surface area contributed by atoms with Crippen LogP contribution < -0.4 is 10.6 Å². The van der Waals surface area contributed by atoms with E-state index in [0.717, 1.165) is 37.1 Å². The lowest BCUT2D eigenvalue weighted by atomic mass is 10.1. The average molecular weight is 448 g/mol. The number of thioether (sulfide) groups is 1. The number of fused-ring (bicyclic) bond motifs is 1. The number of aryl methyl sites for hydroxylation is 2. The van der Waals surface area contributed by atoms with Crippen LogP contribution in [-0.2, 0) is 4.79 Å². The number of amides is 2. The molecule has 0 aliphatic carbocycles. The van der Waals surface area contributed by atoms with E-state index in [1.165, 1.54) is 23.1 Å². The third kappa shape index (κ3) is 5.51. The number of nitrogens with zero attached hydrogens (tertiary/aromatic N) is 1. The van der Waals surface area contributed by atoms with Crippen molar-refractivity contribution >= 4 is 56.5 Å². The van der Waals surface area contributed by atoms with Gasteiger partial charge in [0.1, 0.15) is 0 Å². The van der Waals surface area contributed by atoms with Crippen LogP contribution >= 0.6 is 23.1 Å². The standard InChI is InChI=1S/C24H21N3O2S2/c1-15-3-7-17(8-4-15)23(29)26-19-11-12-20-21(13-19)31-24(27-20)30-14-22(28)25-18-9-5-16(2)6-10-18/h3-13H,14H2,1-2H3,(H,25,28)(H,26,29). The molecule has 2 N–H and O–H groups in total. The maximum atomic E-state index is 12.4. The van der Waals surface area contributed by atoms with Crippen molar-refractivity contribution in [3.05, 3.63) is 83.4 Å². The van der Waals surface area contributed by atoms with Crippen molar-refractivity contribution in [3.63, 3.8) is 0 Å². The zero-order valence-corrected chi connectivity index (χ0v) is 18.8. The molecule has 7 heteroatoms. The first-order valence-electron chi connectivity index (χ1n) is 9.74. The van der Waals surface area contributed by atoms with E-state index in [1.54, 1.807) is 0 Å². The molecule has 2 amide bonds. The molecule has 0 radical (unpaired) electrons. The van der Waals surface area contributed by atoms with Crippen molar-refractivity contribution in [2.75, 3.05) is 16.4 Å². The molecular formula is C24H21N3O2S2. The maximum absolute atomic E-state index is 12.4. The van der Waals surface area contributed by atoms with Gasteiger partial charge in [0, 0.05) is 16.9 Å². The number of hydrogen-bond donors (Lipinski definition) is 2. The number of benzene rings is 3. The van der Waals surface area contributed by atoms with Crippen LogP contribution in [0.15, 0.2) is 71.1 Å². The number of aromatic nitrogens is 1. The Balaban J connectivity index is 1.38. The highest BCUT2D eigenvalue weighted by molar-refractivity contribution is 8.01. The zero-order valence-electron chi connectivity index (χ0n) is 17.1. The van der Waals surface area contributed by atoms with Gasteiger partial charge in [0.05, 0.1) is 16.0 Å². The Hall–Kier alpha value is -3.16. The molecule has 0 unspecified atom stereocenters. The zero-order chi connectivity index (χ0) is 21.8. The fourth-order valence-corrected chi connectivity index (χ4v) is 4.82. The van der Waals surface area contributed by atoms with Crippen LogP contribution in [-0.4, -0.2) is 22.6 Å². The second kappa shape index (κ2) is 9.32. The first-order chi connectivity index (χ1) is 15.0. The van der Waals surface area contributed by atoms with Crippen molar-refractivity contribution < 1.29 is 9.59 Å². The molecule has 5 nitrogen and oxygen atoms in total. The highest BCUT2D eigenvalue weighted by Gasteiger charge is 2.11. The maximum Gasteiger partial charge on any atom is 0.255 e. The molecule has 0 bridgehead atoms. The van der Waals surface area contributed by atoms with Crippen molar-refractivity contribution in [3.8, 4) is 0 Å². The van der Waals surface area contributed by atoms with Gasteiger partial charge >= 0.3 is 0 Å². The normalized spacial score (nSPS) is 10.8. The molecule has 156 valence electrons. The van der Waals surface area contributed by atoms with Crippen LogP contribution in [0.1, 0.15) is 21.5 Å². The predicted octanol–water partition coefficient (Wildman–Crippen LogP) is 5.90. The largest absolute Gasteiger partial charge is 0.325 e. The molecule has 1 heterocycles. The fourth-order valence-electron chi connectivity index (χ4n) is 2.91. The van der Waals surface area contributed by atoms with E-state index >= 15 is 0 Å². The van der Waals surface area contributed by atoms with Gasteiger partial charge in [0.2, 0.25) is 5.91 Å². The van der Waals surface area contributed by atoms with Crippen molar-refractivity contribution in [2.24, 2.45) is 0 Å². The summed E-state index contributed by atoms with van der Waals surface area (Å²) in [6, 6.07) is 20.8. The van der Waals surface area contributed by atoms with Gasteiger partial charge in [-0.15, -0.1) is 11.3 Å². The van der Waals surface area contributed by atoms with E-state index in [4.69, 9.17) is 0 Å². The number of rotatable bonds is 6. The quantitative estimate of drug-likeness (QED) is 0.361. The van der Waals surface area contributed by atoms with E-state index in [9.17, 15) is 9.59 Å². The van der Waals surface area contributed by atoms with Crippen LogP contribution in [0.3, 0.4) is 0 Å². The van der Waals surface area contributed by atoms with Gasteiger partial charge in [-0.05, 0) is 56.3 Å². The lowest BCUT2D eigenvalue weighted by Crippen LogP contribution is -2.13. The molecule has 0 aliphatic heterocycles.